The first-order valence-corrected chi connectivity index (χ1v) is 5.60. The maximum atomic E-state index is 11.6. The number of hydrogen-bond donors (Lipinski definition) is 5. The van der Waals surface area contributed by atoms with E-state index in [2.05, 4.69) is 10.6 Å². The second-order valence-corrected chi connectivity index (χ2v) is 4.28. The standard InChI is InChI=1S/C11H15ClN2O4/c12-8-1-3-9(4-2-8)13-10(18)14-11(5-15,6-16)7-17/h1-4,15-17H,5-7H2,(H2,13,14,18). The molecule has 0 saturated carbocycles. The molecule has 100 valence electrons. The van der Waals surface area contributed by atoms with Gasteiger partial charge in [-0.2, -0.15) is 0 Å². The first-order chi connectivity index (χ1) is 8.55. The van der Waals surface area contributed by atoms with Crippen molar-refractivity contribution in [3.63, 3.8) is 0 Å². The molecule has 0 bridgehead atoms. The molecule has 0 aromatic heterocycles. The molecule has 0 aliphatic rings. The first-order valence-electron chi connectivity index (χ1n) is 5.22. The molecule has 1 aromatic rings. The minimum atomic E-state index is -1.45. The molecule has 6 nitrogen and oxygen atoms in total. The molecule has 1 aromatic carbocycles. The quantitative estimate of drug-likeness (QED) is 0.528. The van der Waals surface area contributed by atoms with E-state index in [1.807, 2.05) is 0 Å². The van der Waals surface area contributed by atoms with E-state index in [4.69, 9.17) is 26.9 Å². The zero-order chi connectivity index (χ0) is 13.6. The molecule has 0 unspecified atom stereocenters. The maximum Gasteiger partial charge on any atom is 0.319 e. The fraction of sp³-hybridized carbons (Fsp3) is 0.364. The first kappa shape index (κ1) is 14.7. The fourth-order valence-corrected chi connectivity index (χ4v) is 1.33. The molecule has 18 heavy (non-hydrogen) atoms. The van der Waals surface area contributed by atoms with Gasteiger partial charge < -0.3 is 26.0 Å². The van der Waals surface area contributed by atoms with Crippen molar-refractivity contribution in [1.29, 1.82) is 0 Å². The predicted molar refractivity (Wildman–Crippen MR) is 67.6 cm³/mol. The van der Waals surface area contributed by atoms with Crippen LogP contribution < -0.4 is 10.6 Å². The van der Waals surface area contributed by atoms with Gasteiger partial charge in [0, 0.05) is 10.7 Å². The van der Waals surface area contributed by atoms with Crippen molar-refractivity contribution < 1.29 is 20.1 Å². The van der Waals surface area contributed by atoms with Crippen LogP contribution in [0.1, 0.15) is 0 Å². The molecule has 0 spiro atoms. The molecule has 0 radical (unpaired) electrons. The third-order valence-corrected chi connectivity index (χ3v) is 2.64. The highest BCUT2D eigenvalue weighted by atomic mass is 35.5. The van der Waals surface area contributed by atoms with Gasteiger partial charge in [0.2, 0.25) is 0 Å². The van der Waals surface area contributed by atoms with E-state index in [0.29, 0.717) is 10.7 Å². The molecule has 1 rings (SSSR count). The number of carbonyl (C=O) groups is 1. The monoisotopic (exact) mass is 274 g/mol. The Morgan fingerprint density at radius 1 is 1.11 bits per heavy atom. The summed E-state index contributed by atoms with van der Waals surface area (Å²) < 4.78 is 0. The van der Waals surface area contributed by atoms with Crippen LogP contribution in [0.25, 0.3) is 0 Å². The lowest BCUT2D eigenvalue weighted by Crippen LogP contribution is -2.58. The van der Waals surface area contributed by atoms with E-state index in [1.165, 1.54) is 0 Å². The third-order valence-electron chi connectivity index (χ3n) is 2.39. The van der Waals surface area contributed by atoms with Gasteiger partial charge in [-0.15, -0.1) is 0 Å². The van der Waals surface area contributed by atoms with E-state index in [1.54, 1.807) is 24.3 Å². The number of urea groups is 1. The summed E-state index contributed by atoms with van der Waals surface area (Å²) in [5, 5.41) is 32.5. The number of carbonyl (C=O) groups excluding carboxylic acids is 1. The zero-order valence-electron chi connectivity index (χ0n) is 9.56. The molecular formula is C11H15ClN2O4. The van der Waals surface area contributed by atoms with Crippen LogP contribution in [0.15, 0.2) is 24.3 Å². The van der Waals surface area contributed by atoms with Crippen molar-refractivity contribution in [3.8, 4) is 0 Å². The van der Waals surface area contributed by atoms with E-state index >= 15 is 0 Å². The van der Waals surface area contributed by atoms with Gasteiger partial charge >= 0.3 is 6.03 Å². The maximum absolute atomic E-state index is 11.6. The van der Waals surface area contributed by atoms with Crippen LogP contribution in [-0.2, 0) is 0 Å². The summed E-state index contributed by atoms with van der Waals surface area (Å²) >= 11 is 5.69. The Balaban J connectivity index is 2.63. The Kier molecular flexibility index (Phi) is 5.36. The van der Waals surface area contributed by atoms with E-state index in [-0.39, 0.29) is 0 Å². The molecule has 0 aliphatic heterocycles. The molecule has 5 N–H and O–H groups in total. The van der Waals surface area contributed by atoms with Crippen molar-refractivity contribution in [2.24, 2.45) is 0 Å². The highest BCUT2D eigenvalue weighted by molar-refractivity contribution is 6.30. The van der Waals surface area contributed by atoms with Crippen LogP contribution >= 0.6 is 11.6 Å². The average molecular weight is 275 g/mol. The molecule has 0 saturated heterocycles. The van der Waals surface area contributed by atoms with Crippen LogP contribution in [0, 0.1) is 0 Å². The summed E-state index contributed by atoms with van der Waals surface area (Å²) in [6.07, 6.45) is 0. The summed E-state index contributed by atoms with van der Waals surface area (Å²) in [7, 11) is 0. The predicted octanol–water partition coefficient (Wildman–Crippen LogP) is 0.177. The summed E-state index contributed by atoms with van der Waals surface area (Å²) in [5.74, 6) is 0. The number of hydrogen-bond acceptors (Lipinski definition) is 4. The number of anilines is 1. The Labute approximate surface area is 109 Å². The second-order valence-electron chi connectivity index (χ2n) is 3.84. The summed E-state index contributed by atoms with van der Waals surface area (Å²) in [4.78, 5) is 11.6. The normalized spacial score (nSPS) is 11.1. The Hall–Kier alpha value is -1.34. The number of nitrogens with one attached hydrogen (secondary N) is 2. The van der Waals surface area contributed by atoms with Gasteiger partial charge in [0.15, 0.2) is 0 Å². The Morgan fingerprint density at radius 2 is 1.61 bits per heavy atom. The fourth-order valence-electron chi connectivity index (χ4n) is 1.20. The van der Waals surface area contributed by atoms with E-state index in [9.17, 15) is 4.79 Å². The van der Waals surface area contributed by atoms with Gasteiger partial charge in [0.1, 0.15) is 5.54 Å². The molecule has 2 amide bonds. The number of benzene rings is 1. The summed E-state index contributed by atoms with van der Waals surface area (Å²) in [6.45, 7) is -1.73. The van der Waals surface area contributed by atoms with Crippen molar-refractivity contribution in [2.75, 3.05) is 25.1 Å². The molecule has 0 aliphatic carbocycles. The molecule has 0 heterocycles. The Bertz CT molecular complexity index is 384. The van der Waals surface area contributed by atoms with Crippen LogP contribution in [0.3, 0.4) is 0 Å². The molecule has 7 heteroatoms. The Morgan fingerprint density at radius 3 is 2.06 bits per heavy atom. The highest BCUT2D eigenvalue weighted by Crippen LogP contribution is 2.13. The minimum Gasteiger partial charge on any atom is -0.394 e. The lowest BCUT2D eigenvalue weighted by Gasteiger charge is -2.28. The average Bonchev–Trinajstić information content (AvgIpc) is 2.39. The third kappa shape index (κ3) is 3.85. The smallest absolute Gasteiger partial charge is 0.319 e. The second kappa shape index (κ2) is 6.55. The van der Waals surface area contributed by atoms with Gasteiger partial charge in [-0.05, 0) is 24.3 Å². The minimum absolute atomic E-state index is 0.500. The summed E-state index contributed by atoms with van der Waals surface area (Å²) in [6, 6.07) is 5.76. The van der Waals surface area contributed by atoms with E-state index in [0.717, 1.165) is 0 Å². The van der Waals surface area contributed by atoms with Gasteiger partial charge in [-0.1, -0.05) is 11.6 Å². The largest absolute Gasteiger partial charge is 0.394 e. The van der Waals surface area contributed by atoms with Crippen LogP contribution in [0.2, 0.25) is 5.02 Å². The van der Waals surface area contributed by atoms with Crippen LogP contribution in [-0.4, -0.2) is 46.7 Å². The lowest BCUT2D eigenvalue weighted by molar-refractivity contribution is 0.0507. The van der Waals surface area contributed by atoms with Crippen molar-refractivity contribution in [3.05, 3.63) is 29.3 Å². The van der Waals surface area contributed by atoms with Gasteiger partial charge in [0.25, 0.3) is 0 Å². The highest BCUT2D eigenvalue weighted by Gasteiger charge is 2.29. The van der Waals surface area contributed by atoms with Gasteiger partial charge in [-0.3, -0.25) is 0 Å². The number of aliphatic hydroxyl groups excluding tert-OH is 3. The van der Waals surface area contributed by atoms with Crippen LogP contribution in [0.4, 0.5) is 10.5 Å². The molecular weight excluding hydrogens is 260 g/mol. The van der Waals surface area contributed by atoms with Crippen molar-refractivity contribution in [2.45, 2.75) is 5.54 Å². The van der Waals surface area contributed by atoms with Crippen molar-refractivity contribution in [1.82, 2.24) is 5.32 Å². The topological polar surface area (TPSA) is 102 Å². The number of amides is 2. The van der Waals surface area contributed by atoms with Gasteiger partial charge in [-0.25, -0.2) is 4.79 Å². The SMILES string of the molecule is O=C(Nc1ccc(Cl)cc1)NC(CO)(CO)CO. The molecule has 0 atom stereocenters. The molecule has 0 fully saturated rings. The number of rotatable bonds is 5. The van der Waals surface area contributed by atoms with Crippen molar-refractivity contribution >= 4 is 23.3 Å². The van der Waals surface area contributed by atoms with E-state index < -0.39 is 31.4 Å². The number of aliphatic hydroxyl groups is 3. The summed E-state index contributed by atoms with van der Waals surface area (Å²) in [5.41, 5.74) is -0.948. The lowest BCUT2D eigenvalue weighted by atomic mass is 10.0. The van der Waals surface area contributed by atoms with Gasteiger partial charge in [0.05, 0.1) is 19.8 Å². The zero-order valence-corrected chi connectivity index (χ0v) is 10.3. The number of halogens is 1. The van der Waals surface area contributed by atoms with Crippen LogP contribution in [0.5, 0.6) is 0 Å².